The smallest absolute Gasteiger partial charge is 0.118 e. The van der Waals surface area contributed by atoms with E-state index in [1.54, 1.807) is 11.3 Å². The lowest BCUT2D eigenvalue weighted by molar-refractivity contribution is 0.313. The summed E-state index contributed by atoms with van der Waals surface area (Å²) in [6.07, 6.45) is 6.16. The minimum absolute atomic E-state index is 0.651. The molecule has 1 aliphatic carbocycles. The SMILES string of the molecule is ClCCc1nnc(CC2CCC2)s1. The summed E-state index contributed by atoms with van der Waals surface area (Å²) in [6, 6.07) is 0. The zero-order valence-corrected chi connectivity index (χ0v) is 9.07. The van der Waals surface area contributed by atoms with E-state index in [0.29, 0.717) is 5.88 Å². The fraction of sp³-hybridized carbons (Fsp3) is 0.778. The second-order valence-electron chi connectivity index (χ2n) is 3.53. The van der Waals surface area contributed by atoms with Gasteiger partial charge in [0.25, 0.3) is 0 Å². The van der Waals surface area contributed by atoms with Crippen LogP contribution in [0.15, 0.2) is 0 Å². The minimum Gasteiger partial charge on any atom is -0.144 e. The van der Waals surface area contributed by atoms with E-state index in [1.807, 2.05) is 0 Å². The first kappa shape index (κ1) is 9.41. The Morgan fingerprint density at radius 2 is 2.08 bits per heavy atom. The van der Waals surface area contributed by atoms with E-state index in [9.17, 15) is 0 Å². The monoisotopic (exact) mass is 216 g/mol. The average Bonchev–Trinajstić information content (AvgIpc) is 2.46. The Morgan fingerprint density at radius 3 is 2.69 bits per heavy atom. The Balaban J connectivity index is 1.88. The molecule has 0 aromatic carbocycles. The molecule has 1 aromatic heterocycles. The number of aromatic nitrogens is 2. The molecule has 13 heavy (non-hydrogen) atoms. The largest absolute Gasteiger partial charge is 0.144 e. The maximum atomic E-state index is 5.63. The van der Waals surface area contributed by atoms with Crippen LogP contribution in [0.4, 0.5) is 0 Å². The highest BCUT2D eigenvalue weighted by Crippen LogP contribution is 2.30. The maximum absolute atomic E-state index is 5.63. The summed E-state index contributed by atoms with van der Waals surface area (Å²) in [5.74, 6) is 1.54. The van der Waals surface area contributed by atoms with Gasteiger partial charge in [-0.2, -0.15) is 0 Å². The molecule has 4 heteroatoms. The van der Waals surface area contributed by atoms with Crippen LogP contribution in [-0.2, 0) is 12.8 Å². The molecule has 0 radical (unpaired) electrons. The summed E-state index contributed by atoms with van der Waals surface area (Å²) < 4.78 is 0. The van der Waals surface area contributed by atoms with Crippen LogP contribution < -0.4 is 0 Å². The van der Waals surface area contributed by atoms with Crippen molar-refractivity contribution in [1.82, 2.24) is 10.2 Å². The molecule has 0 N–H and O–H groups in total. The molecule has 0 unspecified atom stereocenters. The molecule has 2 rings (SSSR count). The van der Waals surface area contributed by atoms with Crippen molar-refractivity contribution >= 4 is 22.9 Å². The molecule has 0 bridgehead atoms. The second kappa shape index (κ2) is 4.38. The van der Waals surface area contributed by atoms with Gasteiger partial charge in [-0.3, -0.25) is 0 Å². The highest BCUT2D eigenvalue weighted by molar-refractivity contribution is 7.11. The Labute approximate surface area is 87.3 Å². The van der Waals surface area contributed by atoms with Crippen molar-refractivity contribution in [2.75, 3.05) is 5.88 Å². The molecule has 1 fully saturated rings. The molecule has 72 valence electrons. The lowest BCUT2D eigenvalue weighted by Gasteiger charge is -2.23. The summed E-state index contributed by atoms with van der Waals surface area (Å²) in [5, 5.41) is 10.6. The zero-order chi connectivity index (χ0) is 9.10. The van der Waals surface area contributed by atoms with Gasteiger partial charge in [0.1, 0.15) is 10.0 Å². The Kier molecular flexibility index (Phi) is 3.17. The van der Waals surface area contributed by atoms with Crippen LogP contribution in [0.5, 0.6) is 0 Å². The van der Waals surface area contributed by atoms with Gasteiger partial charge < -0.3 is 0 Å². The van der Waals surface area contributed by atoms with E-state index in [1.165, 1.54) is 24.3 Å². The van der Waals surface area contributed by atoms with Crippen molar-refractivity contribution in [2.45, 2.75) is 32.1 Å². The van der Waals surface area contributed by atoms with Crippen molar-refractivity contribution in [2.24, 2.45) is 5.92 Å². The number of rotatable bonds is 4. The van der Waals surface area contributed by atoms with Crippen molar-refractivity contribution in [3.05, 3.63) is 10.0 Å². The van der Waals surface area contributed by atoms with Gasteiger partial charge in [0, 0.05) is 18.7 Å². The van der Waals surface area contributed by atoms with Crippen molar-refractivity contribution in [3.63, 3.8) is 0 Å². The number of aryl methyl sites for hydroxylation is 1. The highest BCUT2D eigenvalue weighted by atomic mass is 35.5. The van der Waals surface area contributed by atoms with Crippen molar-refractivity contribution in [1.29, 1.82) is 0 Å². The molecular weight excluding hydrogens is 204 g/mol. The average molecular weight is 217 g/mol. The highest BCUT2D eigenvalue weighted by Gasteiger charge is 2.19. The Bertz CT molecular complexity index is 270. The van der Waals surface area contributed by atoms with Gasteiger partial charge in [-0.15, -0.1) is 33.1 Å². The van der Waals surface area contributed by atoms with Crippen molar-refractivity contribution in [3.8, 4) is 0 Å². The van der Waals surface area contributed by atoms with Crippen LogP contribution >= 0.6 is 22.9 Å². The minimum atomic E-state index is 0.651. The quantitative estimate of drug-likeness (QED) is 0.724. The third-order valence-electron chi connectivity index (χ3n) is 2.51. The van der Waals surface area contributed by atoms with E-state index in [0.717, 1.165) is 23.8 Å². The molecule has 1 aromatic rings. The van der Waals surface area contributed by atoms with Gasteiger partial charge in [-0.1, -0.05) is 19.3 Å². The van der Waals surface area contributed by atoms with Gasteiger partial charge in [0.05, 0.1) is 0 Å². The second-order valence-corrected chi connectivity index (χ2v) is 5.05. The predicted octanol–water partition coefficient (Wildman–Crippen LogP) is 2.66. The Hall–Kier alpha value is -0.150. The molecule has 0 atom stereocenters. The van der Waals surface area contributed by atoms with E-state index in [-0.39, 0.29) is 0 Å². The fourth-order valence-corrected chi connectivity index (χ4v) is 2.75. The van der Waals surface area contributed by atoms with Crippen LogP contribution in [0.25, 0.3) is 0 Å². The van der Waals surface area contributed by atoms with Gasteiger partial charge in [0.15, 0.2) is 0 Å². The summed E-state index contributed by atoms with van der Waals surface area (Å²) in [7, 11) is 0. The molecule has 0 spiro atoms. The molecule has 1 saturated carbocycles. The summed E-state index contributed by atoms with van der Waals surface area (Å²) in [6.45, 7) is 0. The molecule has 1 heterocycles. The third kappa shape index (κ3) is 2.41. The molecule has 0 saturated heterocycles. The lowest BCUT2D eigenvalue weighted by Crippen LogP contribution is -2.13. The predicted molar refractivity (Wildman–Crippen MR) is 55.4 cm³/mol. The number of alkyl halides is 1. The normalized spacial score (nSPS) is 17.3. The molecule has 2 nitrogen and oxygen atoms in total. The van der Waals surface area contributed by atoms with E-state index in [4.69, 9.17) is 11.6 Å². The van der Waals surface area contributed by atoms with Gasteiger partial charge in [0.2, 0.25) is 0 Å². The first-order chi connectivity index (χ1) is 6.38. The number of halogens is 1. The first-order valence-electron chi connectivity index (χ1n) is 4.75. The van der Waals surface area contributed by atoms with E-state index in [2.05, 4.69) is 10.2 Å². The molecule has 1 aliphatic rings. The molecular formula is C9H13ClN2S. The number of hydrogen-bond acceptors (Lipinski definition) is 3. The summed E-state index contributed by atoms with van der Waals surface area (Å²) >= 11 is 7.36. The third-order valence-corrected chi connectivity index (χ3v) is 3.70. The van der Waals surface area contributed by atoms with Crippen LogP contribution in [0.1, 0.15) is 29.3 Å². The van der Waals surface area contributed by atoms with E-state index >= 15 is 0 Å². The van der Waals surface area contributed by atoms with Crippen LogP contribution in [-0.4, -0.2) is 16.1 Å². The zero-order valence-electron chi connectivity index (χ0n) is 7.50. The van der Waals surface area contributed by atoms with E-state index < -0.39 is 0 Å². The van der Waals surface area contributed by atoms with Gasteiger partial charge >= 0.3 is 0 Å². The van der Waals surface area contributed by atoms with Crippen LogP contribution in [0.3, 0.4) is 0 Å². The number of hydrogen-bond donors (Lipinski definition) is 0. The standard InChI is InChI=1S/C9H13ClN2S/c10-5-4-8-11-12-9(13-8)6-7-2-1-3-7/h7H,1-6H2. The van der Waals surface area contributed by atoms with Crippen LogP contribution in [0.2, 0.25) is 0 Å². The van der Waals surface area contributed by atoms with Crippen molar-refractivity contribution < 1.29 is 0 Å². The fourth-order valence-electron chi connectivity index (χ4n) is 1.50. The Morgan fingerprint density at radius 1 is 1.31 bits per heavy atom. The molecule has 0 amide bonds. The first-order valence-corrected chi connectivity index (χ1v) is 6.11. The number of nitrogens with zero attached hydrogens (tertiary/aromatic N) is 2. The maximum Gasteiger partial charge on any atom is 0.118 e. The molecule has 0 aliphatic heterocycles. The topological polar surface area (TPSA) is 25.8 Å². The summed E-state index contributed by atoms with van der Waals surface area (Å²) in [5.41, 5.74) is 0. The van der Waals surface area contributed by atoms with Gasteiger partial charge in [-0.25, -0.2) is 0 Å². The summed E-state index contributed by atoms with van der Waals surface area (Å²) in [4.78, 5) is 0. The van der Waals surface area contributed by atoms with Gasteiger partial charge in [-0.05, 0) is 5.92 Å². The van der Waals surface area contributed by atoms with Crippen LogP contribution in [0, 0.1) is 5.92 Å². The lowest BCUT2D eigenvalue weighted by atomic mass is 9.83.